The Balaban J connectivity index is 1.65. The topological polar surface area (TPSA) is 59.8 Å². The van der Waals surface area contributed by atoms with Gasteiger partial charge in [-0.15, -0.1) is 10.2 Å². The SMILES string of the molecule is Cc1ccc(-n2cnnc2SCC(=O)Nc2ccc(C)cc2C)cc1. The first-order chi connectivity index (χ1) is 12.0. The van der Waals surface area contributed by atoms with E-state index in [9.17, 15) is 4.79 Å². The molecule has 1 aromatic heterocycles. The highest BCUT2D eigenvalue weighted by atomic mass is 32.2. The van der Waals surface area contributed by atoms with Gasteiger partial charge in [0, 0.05) is 11.4 Å². The van der Waals surface area contributed by atoms with Crippen LogP contribution in [-0.2, 0) is 4.79 Å². The molecule has 1 heterocycles. The number of amides is 1. The van der Waals surface area contributed by atoms with E-state index >= 15 is 0 Å². The minimum Gasteiger partial charge on any atom is -0.325 e. The number of aromatic nitrogens is 3. The van der Waals surface area contributed by atoms with Crippen molar-refractivity contribution in [2.45, 2.75) is 25.9 Å². The van der Waals surface area contributed by atoms with E-state index in [0.717, 1.165) is 16.9 Å². The number of hydrogen-bond acceptors (Lipinski definition) is 4. The number of rotatable bonds is 5. The molecule has 3 rings (SSSR count). The molecule has 1 amide bonds. The van der Waals surface area contributed by atoms with Gasteiger partial charge in [0.25, 0.3) is 0 Å². The van der Waals surface area contributed by atoms with Crippen molar-refractivity contribution in [3.63, 3.8) is 0 Å². The van der Waals surface area contributed by atoms with E-state index in [4.69, 9.17) is 0 Å². The lowest BCUT2D eigenvalue weighted by Gasteiger charge is -2.09. The Morgan fingerprint density at radius 1 is 1.08 bits per heavy atom. The Kier molecular flexibility index (Phi) is 5.19. The number of benzene rings is 2. The summed E-state index contributed by atoms with van der Waals surface area (Å²) in [6.07, 6.45) is 1.66. The highest BCUT2D eigenvalue weighted by Gasteiger charge is 2.11. The number of anilines is 1. The molecule has 128 valence electrons. The van der Waals surface area contributed by atoms with Crippen molar-refractivity contribution in [2.75, 3.05) is 11.1 Å². The molecule has 1 N–H and O–H groups in total. The van der Waals surface area contributed by atoms with Crippen molar-refractivity contribution in [3.05, 3.63) is 65.5 Å². The quantitative estimate of drug-likeness (QED) is 0.707. The number of nitrogens with one attached hydrogen (secondary N) is 1. The third-order valence-electron chi connectivity index (χ3n) is 3.82. The van der Waals surface area contributed by atoms with Crippen molar-refractivity contribution < 1.29 is 4.79 Å². The maximum atomic E-state index is 12.2. The fourth-order valence-electron chi connectivity index (χ4n) is 2.48. The first kappa shape index (κ1) is 17.2. The highest BCUT2D eigenvalue weighted by Crippen LogP contribution is 2.21. The summed E-state index contributed by atoms with van der Waals surface area (Å²) in [5.41, 5.74) is 5.25. The zero-order chi connectivity index (χ0) is 17.8. The fourth-order valence-corrected chi connectivity index (χ4v) is 3.20. The van der Waals surface area contributed by atoms with Crippen LogP contribution in [0.15, 0.2) is 53.9 Å². The Hall–Kier alpha value is -2.60. The number of aryl methyl sites for hydroxylation is 3. The molecule has 0 spiro atoms. The van der Waals surface area contributed by atoms with Crippen LogP contribution in [0.5, 0.6) is 0 Å². The van der Waals surface area contributed by atoms with Crippen LogP contribution in [0.25, 0.3) is 5.69 Å². The number of thioether (sulfide) groups is 1. The van der Waals surface area contributed by atoms with Crippen LogP contribution in [0.1, 0.15) is 16.7 Å². The van der Waals surface area contributed by atoms with E-state index in [2.05, 4.69) is 21.6 Å². The minimum absolute atomic E-state index is 0.0598. The maximum Gasteiger partial charge on any atom is 0.234 e. The Bertz CT molecular complexity index is 887. The largest absolute Gasteiger partial charge is 0.325 e. The normalized spacial score (nSPS) is 10.7. The molecular weight excluding hydrogens is 332 g/mol. The number of nitrogens with zero attached hydrogens (tertiary/aromatic N) is 3. The Morgan fingerprint density at radius 2 is 1.80 bits per heavy atom. The van der Waals surface area contributed by atoms with E-state index < -0.39 is 0 Å². The second kappa shape index (κ2) is 7.53. The number of hydrogen-bond donors (Lipinski definition) is 1. The van der Waals surface area contributed by atoms with Crippen LogP contribution in [-0.4, -0.2) is 26.4 Å². The third kappa shape index (κ3) is 4.28. The van der Waals surface area contributed by atoms with Crippen LogP contribution in [0.4, 0.5) is 5.69 Å². The first-order valence-corrected chi connectivity index (χ1v) is 8.98. The molecular formula is C19H20N4OS. The standard InChI is InChI=1S/C19H20N4OS/c1-13-4-7-16(8-5-13)23-12-20-22-19(23)25-11-18(24)21-17-9-6-14(2)10-15(17)3/h4-10,12H,11H2,1-3H3,(H,21,24). The summed E-state index contributed by atoms with van der Waals surface area (Å²) in [5, 5.41) is 11.7. The van der Waals surface area contributed by atoms with Crippen molar-refractivity contribution in [2.24, 2.45) is 0 Å². The summed E-state index contributed by atoms with van der Waals surface area (Å²) in [7, 11) is 0. The summed E-state index contributed by atoms with van der Waals surface area (Å²) in [6.45, 7) is 6.07. The van der Waals surface area contributed by atoms with Crippen LogP contribution in [0, 0.1) is 20.8 Å². The number of carbonyl (C=O) groups is 1. The van der Waals surface area contributed by atoms with Gasteiger partial charge in [-0.2, -0.15) is 0 Å². The molecule has 25 heavy (non-hydrogen) atoms. The first-order valence-electron chi connectivity index (χ1n) is 8.00. The van der Waals surface area contributed by atoms with E-state index in [1.165, 1.54) is 22.9 Å². The lowest BCUT2D eigenvalue weighted by Crippen LogP contribution is -2.15. The molecule has 0 aliphatic heterocycles. The van der Waals surface area contributed by atoms with Gasteiger partial charge in [0.1, 0.15) is 6.33 Å². The average molecular weight is 352 g/mol. The summed E-state index contributed by atoms with van der Waals surface area (Å²) in [6, 6.07) is 14.1. The van der Waals surface area contributed by atoms with Gasteiger partial charge < -0.3 is 5.32 Å². The van der Waals surface area contributed by atoms with Gasteiger partial charge in [0.05, 0.1) is 5.75 Å². The molecule has 5 nitrogen and oxygen atoms in total. The molecule has 3 aromatic rings. The average Bonchev–Trinajstić information content (AvgIpc) is 3.05. The smallest absolute Gasteiger partial charge is 0.234 e. The molecule has 0 aliphatic carbocycles. The van der Waals surface area contributed by atoms with Crippen molar-refractivity contribution in [1.82, 2.24) is 14.8 Å². The lowest BCUT2D eigenvalue weighted by atomic mass is 10.1. The summed E-state index contributed by atoms with van der Waals surface area (Å²) in [5.74, 6) is 0.216. The van der Waals surface area contributed by atoms with Crippen molar-refractivity contribution >= 4 is 23.4 Å². The predicted molar refractivity (Wildman–Crippen MR) is 101 cm³/mol. The van der Waals surface area contributed by atoms with Gasteiger partial charge in [0.15, 0.2) is 5.16 Å². The fraction of sp³-hybridized carbons (Fsp3) is 0.211. The zero-order valence-electron chi connectivity index (χ0n) is 14.5. The molecule has 0 bridgehead atoms. The van der Waals surface area contributed by atoms with E-state index in [-0.39, 0.29) is 11.7 Å². The van der Waals surface area contributed by atoms with E-state index in [1.54, 1.807) is 6.33 Å². The molecule has 2 aromatic carbocycles. The molecule has 0 saturated carbocycles. The monoisotopic (exact) mass is 352 g/mol. The zero-order valence-corrected chi connectivity index (χ0v) is 15.3. The third-order valence-corrected chi connectivity index (χ3v) is 4.76. The van der Waals surface area contributed by atoms with Crippen LogP contribution in [0.2, 0.25) is 0 Å². The van der Waals surface area contributed by atoms with Gasteiger partial charge in [0.2, 0.25) is 5.91 Å². The second-order valence-electron chi connectivity index (χ2n) is 5.97. The molecule has 0 saturated heterocycles. The number of carbonyl (C=O) groups excluding carboxylic acids is 1. The van der Waals surface area contributed by atoms with Gasteiger partial charge in [-0.05, 0) is 44.5 Å². The van der Waals surface area contributed by atoms with Gasteiger partial charge >= 0.3 is 0 Å². The second-order valence-corrected chi connectivity index (χ2v) is 6.92. The Morgan fingerprint density at radius 3 is 2.52 bits per heavy atom. The van der Waals surface area contributed by atoms with Gasteiger partial charge in [-0.25, -0.2) is 0 Å². The van der Waals surface area contributed by atoms with Crippen molar-refractivity contribution in [1.29, 1.82) is 0 Å². The molecule has 0 fully saturated rings. The molecule has 0 aliphatic rings. The maximum absolute atomic E-state index is 12.2. The van der Waals surface area contributed by atoms with E-state index in [1.807, 2.05) is 61.7 Å². The molecule has 6 heteroatoms. The minimum atomic E-state index is -0.0598. The molecule has 0 radical (unpaired) electrons. The Labute approximate surface area is 151 Å². The van der Waals surface area contributed by atoms with Crippen LogP contribution < -0.4 is 5.32 Å². The van der Waals surface area contributed by atoms with Crippen molar-refractivity contribution in [3.8, 4) is 5.69 Å². The molecule has 0 unspecified atom stereocenters. The predicted octanol–water partition coefficient (Wildman–Crippen LogP) is 3.92. The van der Waals surface area contributed by atoms with E-state index in [0.29, 0.717) is 5.16 Å². The summed E-state index contributed by atoms with van der Waals surface area (Å²) >= 11 is 1.37. The summed E-state index contributed by atoms with van der Waals surface area (Å²) < 4.78 is 1.88. The lowest BCUT2D eigenvalue weighted by molar-refractivity contribution is -0.113. The molecule has 0 atom stereocenters. The van der Waals surface area contributed by atoms with Gasteiger partial charge in [-0.1, -0.05) is 47.2 Å². The van der Waals surface area contributed by atoms with Crippen LogP contribution in [0.3, 0.4) is 0 Å². The van der Waals surface area contributed by atoms with Gasteiger partial charge in [-0.3, -0.25) is 9.36 Å². The van der Waals surface area contributed by atoms with Crippen LogP contribution >= 0.6 is 11.8 Å². The summed E-state index contributed by atoms with van der Waals surface area (Å²) in [4.78, 5) is 12.2. The highest BCUT2D eigenvalue weighted by molar-refractivity contribution is 7.99.